The lowest BCUT2D eigenvalue weighted by atomic mass is 10.2. The largest absolute Gasteiger partial charge is 0.363 e. The van der Waals surface area contributed by atoms with Crippen molar-refractivity contribution in [2.24, 2.45) is 4.99 Å². The average molecular weight is 438 g/mol. The summed E-state index contributed by atoms with van der Waals surface area (Å²) >= 11 is 0. The van der Waals surface area contributed by atoms with Crippen molar-refractivity contribution in [3.8, 4) is 6.19 Å². The summed E-state index contributed by atoms with van der Waals surface area (Å²) in [5.74, 6) is -0.462. The number of benzene rings is 1. The summed E-state index contributed by atoms with van der Waals surface area (Å²) in [7, 11) is 0. The van der Waals surface area contributed by atoms with E-state index >= 15 is 0 Å². The lowest BCUT2D eigenvalue weighted by molar-refractivity contribution is 0.300. The van der Waals surface area contributed by atoms with Gasteiger partial charge >= 0.3 is 0 Å². The molecule has 1 atom stereocenters. The maximum atomic E-state index is 13.2. The van der Waals surface area contributed by atoms with Crippen LogP contribution in [-0.2, 0) is 0 Å². The first-order valence-corrected chi connectivity index (χ1v) is 9.25. The highest BCUT2D eigenvalue weighted by Gasteiger charge is 2.21. The van der Waals surface area contributed by atoms with Crippen molar-refractivity contribution in [2.45, 2.75) is 13.0 Å². The number of guanidine groups is 1. The van der Waals surface area contributed by atoms with Gasteiger partial charge in [0.1, 0.15) is 5.82 Å². The van der Waals surface area contributed by atoms with E-state index in [1.807, 2.05) is 6.92 Å². The number of anilines is 3. The van der Waals surface area contributed by atoms with Crippen molar-refractivity contribution in [3.63, 3.8) is 0 Å². The van der Waals surface area contributed by atoms with Gasteiger partial charge in [-0.2, -0.15) is 5.26 Å². The topological polar surface area (TPSA) is 171 Å². The lowest BCUT2D eigenvalue weighted by Gasteiger charge is -2.18. The van der Waals surface area contributed by atoms with Crippen LogP contribution in [0.2, 0.25) is 1.41 Å². The number of pyridine rings is 1. The lowest BCUT2D eigenvalue weighted by Crippen LogP contribution is -2.41. The molecule has 0 spiro atoms. The molecule has 164 valence electrons. The minimum atomic E-state index is -0.485. The van der Waals surface area contributed by atoms with E-state index in [9.17, 15) is 9.60 Å². The second kappa shape index (κ2) is 10.5. The van der Waals surface area contributed by atoms with E-state index in [0.29, 0.717) is 10.8 Å². The van der Waals surface area contributed by atoms with Gasteiger partial charge in [0.05, 0.1) is 17.6 Å². The molecule has 2 heterocycles. The first-order valence-electron chi connectivity index (χ1n) is 9.70. The Balaban J connectivity index is 1.65. The molecule has 3 aromatic rings. The number of nitriles is 1. The number of hydrogen-bond acceptors (Lipinski definition) is 9. The van der Waals surface area contributed by atoms with E-state index in [4.69, 9.17) is 11.3 Å². The molecule has 2 aromatic heterocycles. The molecule has 12 nitrogen and oxygen atoms in total. The zero-order chi connectivity index (χ0) is 23.6. The molecular formula is C19H19FN10O2. The summed E-state index contributed by atoms with van der Waals surface area (Å²) in [5, 5.41) is 39.6. The molecular weight excluding hydrogens is 419 g/mol. The Kier molecular flexibility index (Phi) is 6.76. The summed E-state index contributed by atoms with van der Waals surface area (Å²) < 4.78 is 25.3. The van der Waals surface area contributed by atoms with E-state index in [1.165, 1.54) is 12.1 Å². The van der Waals surface area contributed by atoms with Crippen LogP contribution in [0, 0.1) is 22.7 Å². The minimum Gasteiger partial charge on any atom is -0.363 e. The van der Waals surface area contributed by atoms with Gasteiger partial charge in [-0.3, -0.25) is 15.6 Å². The first kappa shape index (κ1) is 20.7. The second-order valence-corrected chi connectivity index (χ2v) is 6.43. The monoisotopic (exact) mass is 438 g/mol. The Labute approximate surface area is 183 Å². The standard InChI is InChI=1S/C19H19FN10O2/c1-12(26-19(25-11-21)27-14-3-2-8-23-10-14)9-24-18-16(28-32-29-18)17(22)30(31)15-6-4-13(20)5-7-15/h2-8,10,12,22,31H,9H2,1H3,(H,24,29)(H2,25,26,27)/b22-17-. The van der Waals surface area contributed by atoms with Gasteiger partial charge in [-0.15, -0.1) is 4.99 Å². The van der Waals surface area contributed by atoms with Crippen LogP contribution in [0.4, 0.5) is 21.6 Å². The van der Waals surface area contributed by atoms with Crippen molar-refractivity contribution in [2.75, 3.05) is 22.2 Å². The molecule has 0 saturated heterocycles. The van der Waals surface area contributed by atoms with Gasteiger partial charge in [0, 0.05) is 18.8 Å². The number of nitrogens with zero attached hydrogens (tertiary/aromatic N) is 6. The molecule has 5 N–H and O–H groups in total. The Hall–Kier alpha value is -4.57. The van der Waals surface area contributed by atoms with Crippen LogP contribution in [0.15, 0.2) is 58.4 Å². The molecule has 1 unspecified atom stereocenters. The summed E-state index contributed by atoms with van der Waals surface area (Å²) in [6.07, 6.45) is 4.91. The molecule has 0 amide bonds. The number of rotatable bonds is 7. The summed E-state index contributed by atoms with van der Waals surface area (Å²) in [6.45, 7) is 2.07. The van der Waals surface area contributed by atoms with Crippen LogP contribution in [-0.4, -0.2) is 44.9 Å². The zero-order valence-corrected chi connectivity index (χ0v) is 16.8. The molecule has 0 aliphatic rings. The van der Waals surface area contributed by atoms with Gasteiger partial charge in [-0.05, 0) is 53.6 Å². The number of halogens is 1. The third-order valence-electron chi connectivity index (χ3n) is 4.02. The normalized spacial score (nSPS) is 13.0. The van der Waals surface area contributed by atoms with Gasteiger partial charge < -0.3 is 16.0 Å². The number of hydrogen-bond donors (Lipinski definition) is 5. The van der Waals surface area contributed by atoms with Crippen molar-refractivity contribution in [1.82, 2.24) is 20.6 Å². The molecule has 3 rings (SSSR count). The van der Waals surface area contributed by atoms with E-state index in [1.54, 1.807) is 30.7 Å². The fraction of sp³-hybridized carbons (Fsp3) is 0.158. The number of nitrogens with one attached hydrogen (secondary N) is 4. The molecule has 0 saturated carbocycles. The Morgan fingerprint density at radius 2 is 2.22 bits per heavy atom. The maximum Gasteiger partial charge on any atom is 0.212 e. The highest BCUT2D eigenvalue weighted by atomic mass is 19.1. The van der Waals surface area contributed by atoms with Crippen LogP contribution in [0.1, 0.15) is 12.6 Å². The van der Waals surface area contributed by atoms with Crippen LogP contribution >= 0.6 is 0 Å². The summed E-state index contributed by atoms with van der Waals surface area (Å²) in [4.78, 5) is 7.70. The smallest absolute Gasteiger partial charge is 0.212 e. The van der Waals surface area contributed by atoms with Gasteiger partial charge in [0.2, 0.25) is 18.0 Å². The highest BCUT2D eigenvalue weighted by molar-refractivity contribution is 6.07. The fourth-order valence-electron chi connectivity index (χ4n) is 2.51. The first-order chi connectivity index (χ1) is 16.0. The maximum absolute atomic E-state index is 13.2. The molecule has 1 aromatic carbocycles. The molecule has 32 heavy (non-hydrogen) atoms. The predicted octanol–water partition coefficient (Wildman–Crippen LogP) is 2.16. The Morgan fingerprint density at radius 3 is 2.91 bits per heavy atom. The molecule has 0 fully saturated rings. The van der Waals surface area contributed by atoms with E-state index < -0.39 is 5.82 Å². The highest BCUT2D eigenvalue weighted by Crippen LogP contribution is 2.18. The van der Waals surface area contributed by atoms with E-state index in [2.05, 4.69) is 41.6 Å². The van der Waals surface area contributed by atoms with Gasteiger partial charge in [-0.1, -0.05) is 0 Å². The van der Waals surface area contributed by atoms with Crippen LogP contribution in [0.5, 0.6) is 0 Å². The predicted molar refractivity (Wildman–Crippen MR) is 114 cm³/mol. The van der Waals surface area contributed by atoms with Crippen molar-refractivity contribution >= 4 is 29.0 Å². The quantitative estimate of drug-likeness (QED) is 0.159. The second-order valence-electron chi connectivity index (χ2n) is 6.43. The minimum absolute atomic E-state index is 0.0385. The molecule has 0 bridgehead atoms. The molecule has 13 heteroatoms. The third-order valence-corrected chi connectivity index (χ3v) is 4.02. The molecule has 0 radical (unpaired) electrons. The molecule has 0 aliphatic carbocycles. The van der Waals surface area contributed by atoms with Crippen molar-refractivity contribution in [1.29, 1.82) is 10.7 Å². The number of amidine groups is 1. The van der Waals surface area contributed by atoms with Gasteiger partial charge in [-0.25, -0.2) is 14.1 Å². The third kappa shape index (κ3) is 5.74. The van der Waals surface area contributed by atoms with E-state index in [-0.39, 0.29) is 41.6 Å². The molecule has 0 aliphatic heterocycles. The summed E-state index contributed by atoms with van der Waals surface area (Å²) in [5.41, 5.74) is 0.760. The van der Waals surface area contributed by atoms with Gasteiger partial charge in [0.25, 0.3) is 0 Å². The SMILES string of the molecule is [H]/N=C(/c1nonc1NCC(C)N/C(=N\C#N)Nc1cccnc1)N(O)c1ccc(F)cc1. The van der Waals surface area contributed by atoms with Crippen molar-refractivity contribution in [3.05, 3.63) is 60.3 Å². The number of hydroxylamine groups is 1. The van der Waals surface area contributed by atoms with E-state index in [0.717, 1.165) is 12.1 Å². The summed E-state index contributed by atoms with van der Waals surface area (Å²) in [6, 6.07) is 8.13. The Morgan fingerprint density at radius 1 is 1.41 bits per heavy atom. The number of aromatic nitrogens is 3. The average Bonchev–Trinajstić information content (AvgIpc) is 3.27. The van der Waals surface area contributed by atoms with Crippen LogP contribution < -0.4 is 21.0 Å². The van der Waals surface area contributed by atoms with Gasteiger partial charge in [0.15, 0.2) is 12.9 Å². The zero-order valence-electron chi connectivity index (χ0n) is 17.8. The fourth-order valence-corrected chi connectivity index (χ4v) is 2.51. The van der Waals surface area contributed by atoms with Crippen LogP contribution in [0.3, 0.4) is 0 Å². The number of aliphatic imine (C=N–C) groups is 1. The Bertz CT molecular complexity index is 1150. The van der Waals surface area contributed by atoms with Crippen molar-refractivity contribution < 1.29 is 15.6 Å². The van der Waals surface area contributed by atoms with Crippen LogP contribution in [0.25, 0.3) is 0 Å².